The molecular weight excluding hydrogens is 118 g/mol. The molecule has 2 N–H and O–H groups in total. The van der Waals surface area contributed by atoms with E-state index in [1.165, 1.54) is 0 Å². The van der Waals surface area contributed by atoms with E-state index in [-0.39, 0.29) is 0 Å². The summed E-state index contributed by atoms with van der Waals surface area (Å²) in [4.78, 5) is 20.8. The van der Waals surface area contributed by atoms with E-state index in [9.17, 15) is 9.59 Å². The first-order chi connectivity index (χ1) is 4.21. The number of hydrogen-bond donors (Lipinski definition) is 1. The Morgan fingerprint density at radius 2 is 2.11 bits per heavy atom. The van der Waals surface area contributed by atoms with Gasteiger partial charge in [0, 0.05) is 0 Å². The molecule has 0 aromatic carbocycles. The van der Waals surface area contributed by atoms with Gasteiger partial charge in [0.2, 0.25) is 5.91 Å². The molecule has 0 atom stereocenters. The molecular formula is C6H9NO2. The van der Waals surface area contributed by atoms with Crippen molar-refractivity contribution in [3.8, 4) is 0 Å². The number of rotatable bonds is 2. The van der Waals surface area contributed by atoms with Gasteiger partial charge < -0.3 is 10.5 Å². The molecule has 0 saturated heterocycles. The van der Waals surface area contributed by atoms with Crippen LogP contribution in [0, 0.1) is 5.41 Å². The quantitative estimate of drug-likeness (QED) is 0.414. The standard InChI is InChI=1S/C6H9NO2/c7-5(9)6(4-8)2-1-3-6/h4H,1-3H2,(H2,7,9). The third-order valence-electron chi connectivity index (χ3n) is 1.96. The van der Waals surface area contributed by atoms with Crippen LogP contribution in [-0.4, -0.2) is 12.2 Å². The van der Waals surface area contributed by atoms with Gasteiger partial charge in [0.05, 0.1) is 0 Å². The van der Waals surface area contributed by atoms with Crippen LogP contribution < -0.4 is 5.73 Å². The molecule has 1 fully saturated rings. The van der Waals surface area contributed by atoms with Gasteiger partial charge in [-0.3, -0.25) is 4.79 Å². The van der Waals surface area contributed by atoms with Crippen LogP contribution >= 0.6 is 0 Å². The molecule has 0 bridgehead atoms. The van der Waals surface area contributed by atoms with E-state index in [1.54, 1.807) is 0 Å². The summed E-state index contributed by atoms with van der Waals surface area (Å²) in [5.41, 5.74) is 4.20. The second-order valence-corrected chi connectivity index (χ2v) is 2.49. The molecule has 0 unspecified atom stereocenters. The zero-order valence-electron chi connectivity index (χ0n) is 5.09. The third-order valence-corrected chi connectivity index (χ3v) is 1.96. The van der Waals surface area contributed by atoms with Crippen LogP contribution in [0.15, 0.2) is 0 Å². The fraction of sp³-hybridized carbons (Fsp3) is 0.667. The lowest BCUT2D eigenvalue weighted by Gasteiger charge is -2.32. The number of primary amides is 1. The zero-order valence-corrected chi connectivity index (χ0v) is 5.09. The van der Waals surface area contributed by atoms with Crippen molar-refractivity contribution in [1.29, 1.82) is 0 Å². The summed E-state index contributed by atoms with van der Waals surface area (Å²) in [6.45, 7) is 0. The zero-order chi connectivity index (χ0) is 6.91. The highest BCUT2D eigenvalue weighted by Gasteiger charge is 2.42. The van der Waals surface area contributed by atoms with Gasteiger partial charge in [0.15, 0.2) is 0 Å². The second kappa shape index (κ2) is 1.83. The predicted octanol–water partition coefficient (Wildman–Crippen LogP) is -0.159. The largest absolute Gasteiger partial charge is 0.369 e. The van der Waals surface area contributed by atoms with E-state index in [0.717, 1.165) is 6.42 Å². The van der Waals surface area contributed by atoms with E-state index in [2.05, 4.69) is 0 Å². The van der Waals surface area contributed by atoms with Crippen molar-refractivity contribution in [3.05, 3.63) is 0 Å². The molecule has 0 aromatic rings. The molecule has 1 saturated carbocycles. The smallest absolute Gasteiger partial charge is 0.230 e. The maximum atomic E-state index is 10.5. The number of carbonyl (C=O) groups is 2. The van der Waals surface area contributed by atoms with Gasteiger partial charge >= 0.3 is 0 Å². The monoisotopic (exact) mass is 127 g/mol. The molecule has 3 heteroatoms. The van der Waals surface area contributed by atoms with Crippen molar-refractivity contribution >= 4 is 12.2 Å². The summed E-state index contributed by atoms with van der Waals surface area (Å²) in [7, 11) is 0. The van der Waals surface area contributed by atoms with Crippen LogP contribution in [0.1, 0.15) is 19.3 Å². The average Bonchev–Trinajstić information content (AvgIpc) is 1.62. The maximum Gasteiger partial charge on any atom is 0.230 e. The molecule has 0 aliphatic heterocycles. The fourth-order valence-electron chi connectivity index (χ4n) is 0.980. The predicted molar refractivity (Wildman–Crippen MR) is 31.5 cm³/mol. The molecule has 50 valence electrons. The molecule has 0 radical (unpaired) electrons. The van der Waals surface area contributed by atoms with Crippen LogP contribution in [0.5, 0.6) is 0 Å². The summed E-state index contributed by atoms with van der Waals surface area (Å²) < 4.78 is 0. The molecule has 9 heavy (non-hydrogen) atoms. The van der Waals surface area contributed by atoms with Gasteiger partial charge in [-0.15, -0.1) is 0 Å². The minimum absolute atomic E-state index is 0.469. The maximum absolute atomic E-state index is 10.5. The first kappa shape index (κ1) is 6.26. The van der Waals surface area contributed by atoms with Crippen LogP contribution in [-0.2, 0) is 9.59 Å². The molecule has 1 aliphatic carbocycles. The highest BCUT2D eigenvalue weighted by atomic mass is 16.2. The van der Waals surface area contributed by atoms with Crippen molar-refractivity contribution in [2.24, 2.45) is 11.1 Å². The van der Waals surface area contributed by atoms with E-state index in [0.29, 0.717) is 19.1 Å². The Morgan fingerprint density at radius 3 is 2.11 bits per heavy atom. The topological polar surface area (TPSA) is 60.2 Å². The van der Waals surface area contributed by atoms with E-state index in [1.807, 2.05) is 0 Å². The Bertz CT molecular complexity index is 149. The van der Waals surface area contributed by atoms with Crippen molar-refractivity contribution < 1.29 is 9.59 Å². The molecule has 0 spiro atoms. The lowest BCUT2D eigenvalue weighted by Crippen LogP contribution is -2.43. The van der Waals surface area contributed by atoms with Crippen molar-refractivity contribution in [2.45, 2.75) is 19.3 Å². The van der Waals surface area contributed by atoms with Crippen molar-refractivity contribution in [3.63, 3.8) is 0 Å². The highest BCUT2D eigenvalue weighted by Crippen LogP contribution is 2.38. The van der Waals surface area contributed by atoms with Gasteiger partial charge in [0.1, 0.15) is 11.7 Å². The van der Waals surface area contributed by atoms with E-state index in [4.69, 9.17) is 5.73 Å². The first-order valence-corrected chi connectivity index (χ1v) is 2.97. The molecule has 1 rings (SSSR count). The van der Waals surface area contributed by atoms with E-state index < -0.39 is 11.3 Å². The summed E-state index contributed by atoms with van der Waals surface area (Å²) in [5, 5.41) is 0. The molecule has 0 aromatic heterocycles. The summed E-state index contributed by atoms with van der Waals surface area (Å²) in [5.74, 6) is -0.469. The Kier molecular flexibility index (Phi) is 1.27. The summed E-state index contributed by atoms with van der Waals surface area (Å²) in [6.07, 6.45) is 2.91. The number of nitrogens with two attached hydrogens (primary N) is 1. The number of hydrogen-bond acceptors (Lipinski definition) is 2. The highest BCUT2D eigenvalue weighted by molar-refractivity contribution is 5.96. The molecule has 0 heterocycles. The lowest BCUT2D eigenvalue weighted by molar-refractivity contribution is -0.139. The number of amides is 1. The normalized spacial score (nSPS) is 22.2. The summed E-state index contributed by atoms with van der Waals surface area (Å²) >= 11 is 0. The van der Waals surface area contributed by atoms with Crippen LogP contribution in [0.25, 0.3) is 0 Å². The minimum Gasteiger partial charge on any atom is -0.369 e. The minimum atomic E-state index is -0.778. The fourth-order valence-corrected chi connectivity index (χ4v) is 0.980. The SMILES string of the molecule is NC(=O)C1(C=O)CCC1. The van der Waals surface area contributed by atoms with Gasteiger partial charge in [-0.25, -0.2) is 0 Å². The molecule has 1 amide bonds. The van der Waals surface area contributed by atoms with Gasteiger partial charge in [0.25, 0.3) is 0 Å². The Morgan fingerprint density at radius 1 is 1.56 bits per heavy atom. The van der Waals surface area contributed by atoms with Crippen molar-refractivity contribution in [2.75, 3.05) is 0 Å². The van der Waals surface area contributed by atoms with Crippen LogP contribution in [0.2, 0.25) is 0 Å². The average molecular weight is 127 g/mol. The van der Waals surface area contributed by atoms with Crippen LogP contribution in [0.4, 0.5) is 0 Å². The second-order valence-electron chi connectivity index (χ2n) is 2.49. The van der Waals surface area contributed by atoms with Crippen LogP contribution in [0.3, 0.4) is 0 Å². The van der Waals surface area contributed by atoms with Gasteiger partial charge in [-0.2, -0.15) is 0 Å². The Balaban J connectivity index is 2.68. The number of carbonyl (C=O) groups excluding carboxylic acids is 2. The molecule has 1 aliphatic rings. The Hall–Kier alpha value is -0.860. The molecule has 3 nitrogen and oxygen atoms in total. The van der Waals surface area contributed by atoms with E-state index >= 15 is 0 Å². The van der Waals surface area contributed by atoms with Gasteiger partial charge in [-0.05, 0) is 12.8 Å². The van der Waals surface area contributed by atoms with Gasteiger partial charge in [-0.1, -0.05) is 6.42 Å². The first-order valence-electron chi connectivity index (χ1n) is 2.97. The number of aldehydes is 1. The third kappa shape index (κ3) is 0.724. The summed E-state index contributed by atoms with van der Waals surface area (Å²) in [6, 6.07) is 0. The Labute approximate surface area is 53.2 Å². The lowest BCUT2D eigenvalue weighted by atomic mass is 9.69. The van der Waals surface area contributed by atoms with Crippen molar-refractivity contribution in [1.82, 2.24) is 0 Å².